The highest BCUT2D eigenvalue weighted by atomic mass is 79.9. The summed E-state index contributed by atoms with van der Waals surface area (Å²) in [5, 5.41) is 9.00. The molecule has 2 aromatic carbocycles. The molecule has 0 saturated heterocycles. The summed E-state index contributed by atoms with van der Waals surface area (Å²) in [7, 11) is 0. The highest BCUT2D eigenvalue weighted by Crippen LogP contribution is 2.49. The van der Waals surface area contributed by atoms with Crippen molar-refractivity contribution in [1.82, 2.24) is 24.9 Å². The molecule has 2 aliphatic rings. The van der Waals surface area contributed by atoms with Crippen molar-refractivity contribution in [2.45, 2.75) is 43.8 Å². The molecule has 0 radical (unpaired) electrons. The van der Waals surface area contributed by atoms with E-state index in [1.807, 2.05) is 18.2 Å². The van der Waals surface area contributed by atoms with Gasteiger partial charge in [-0.3, -0.25) is 9.59 Å². The van der Waals surface area contributed by atoms with Crippen molar-refractivity contribution >= 4 is 50.1 Å². The molecule has 4 atom stereocenters. The summed E-state index contributed by atoms with van der Waals surface area (Å²) >= 11 is 4.74. The molecule has 6 rings (SSSR count). The standard InChI is InChI=1S/C27H25BrFN5O2S/c1-2-19-15-3-4-16(11-15)23(19)31-22(35)13-37-27-30-21-12-17(28)7-10-20(21)25-32-26(36)24(33-34(25)27)14-5-8-18(29)9-6-14/h5-10,12,15-16,19,23H,2-4,11,13H2,1H3,(H,31,35). The number of carbonyl (C=O) groups excluding carboxylic acids is 1. The van der Waals surface area contributed by atoms with Crippen molar-refractivity contribution in [2.75, 3.05) is 5.75 Å². The van der Waals surface area contributed by atoms with Crippen LogP contribution in [-0.2, 0) is 4.79 Å². The number of thioether (sulfide) groups is 1. The van der Waals surface area contributed by atoms with Gasteiger partial charge in [0.05, 0.1) is 11.3 Å². The number of benzene rings is 2. The number of amides is 1. The van der Waals surface area contributed by atoms with E-state index in [2.05, 4.69) is 38.3 Å². The van der Waals surface area contributed by atoms with Gasteiger partial charge in [0, 0.05) is 21.5 Å². The Kier molecular flexibility index (Phi) is 6.48. The Morgan fingerprint density at radius 2 is 1.95 bits per heavy atom. The molecule has 1 N–H and O–H groups in total. The zero-order chi connectivity index (χ0) is 25.7. The second kappa shape index (κ2) is 9.79. The number of hydrogen-bond acceptors (Lipinski definition) is 6. The summed E-state index contributed by atoms with van der Waals surface area (Å²) in [5.41, 5.74) is 1.03. The van der Waals surface area contributed by atoms with Gasteiger partial charge in [0.2, 0.25) is 5.91 Å². The van der Waals surface area contributed by atoms with Gasteiger partial charge in [-0.1, -0.05) is 41.0 Å². The molecule has 10 heteroatoms. The van der Waals surface area contributed by atoms with Crippen molar-refractivity contribution in [1.29, 1.82) is 0 Å². The average molecular weight is 582 g/mol. The summed E-state index contributed by atoms with van der Waals surface area (Å²) in [4.78, 5) is 35.1. The predicted octanol–water partition coefficient (Wildman–Crippen LogP) is 5.24. The first-order chi connectivity index (χ1) is 17.9. The summed E-state index contributed by atoms with van der Waals surface area (Å²) < 4.78 is 15.8. The number of fused-ring (bicyclic) bond motifs is 5. The van der Waals surface area contributed by atoms with Crippen LogP contribution in [0.2, 0.25) is 0 Å². The van der Waals surface area contributed by atoms with E-state index in [0.29, 0.717) is 39.1 Å². The molecule has 2 heterocycles. The summed E-state index contributed by atoms with van der Waals surface area (Å²) in [6, 6.07) is 11.3. The maximum atomic E-state index is 13.5. The molecule has 4 unspecified atom stereocenters. The number of hydrogen-bond donors (Lipinski definition) is 1. The largest absolute Gasteiger partial charge is 0.352 e. The molecule has 2 fully saturated rings. The summed E-state index contributed by atoms with van der Waals surface area (Å²) in [5.74, 6) is 1.60. The minimum absolute atomic E-state index is 0.0296. The smallest absolute Gasteiger partial charge is 0.300 e. The van der Waals surface area contributed by atoms with Crippen LogP contribution >= 0.6 is 27.7 Å². The van der Waals surface area contributed by atoms with E-state index in [1.54, 1.807) is 0 Å². The lowest BCUT2D eigenvalue weighted by Crippen LogP contribution is -2.44. The third-order valence-electron chi connectivity index (χ3n) is 7.75. The van der Waals surface area contributed by atoms with Crippen LogP contribution in [0.5, 0.6) is 0 Å². The van der Waals surface area contributed by atoms with E-state index < -0.39 is 11.4 Å². The van der Waals surface area contributed by atoms with Crippen LogP contribution in [0.4, 0.5) is 4.39 Å². The third kappa shape index (κ3) is 4.54. The highest BCUT2D eigenvalue weighted by Gasteiger charge is 2.46. The lowest BCUT2D eigenvalue weighted by molar-refractivity contribution is -0.120. The first-order valence-corrected chi connectivity index (χ1v) is 14.3. The number of nitrogens with one attached hydrogen (secondary N) is 1. The predicted molar refractivity (Wildman–Crippen MR) is 145 cm³/mol. The molecule has 2 aliphatic carbocycles. The van der Waals surface area contributed by atoms with E-state index in [1.165, 1.54) is 59.8 Å². The zero-order valence-corrected chi connectivity index (χ0v) is 22.6. The number of nitrogens with zero attached hydrogens (tertiary/aromatic N) is 4. The van der Waals surface area contributed by atoms with Gasteiger partial charge >= 0.3 is 0 Å². The fraction of sp³-hybridized carbons (Fsp3) is 0.370. The maximum Gasteiger partial charge on any atom is 0.300 e. The van der Waals surface area contributed by atoms with Gasteiger partial charge in [0.25, 0.3) is 5.56 Å². The molecule has 0 aliphatic heterocycles. The maximum absolute atomic E-state index is 13.5. The van der Waals surface area contributed by atoms with Crippen molar-refractivity contribution < 1.29 is 9.18 Å². The minimum Gasteiger partial charge on any atom is -0.352 e. The Bertz CT molecular complexity index is 1580. The lowest BCUT2D eigenvalue weighted by Gasteiger charge is -2.31. The molecule has 7 nitrogen and oxygen atoms in total. The molecule has 2 bridgehead atoms. The number of halogens is 2. The number of aromatic nitrogens is 4. The Balaban J connectivity index is 1.35. The second-order valence-corrected chi connectivity index (χ2v) is 11.7. The minimum atomic E-state index is -0.516. The zero-order valence-electron chi connectivity index (χ0n) is 20.2. The molecule has 0 spiro atoms. The topological polar surface area (TPSA) is 89.2 Å². The third-order valence-corrected chi connectivity index (χ3v) is 9.17. The van der Waals surface area contributed by atoms with Crippen LogP contribution in [-0.4, -0.2) is 37.3 Å². The molecule has 37 heavy (non-hydrogen) atoms. The Morgan fingerprint density at radius 1 is 1.16 bits per heavy atom. The van der Waals surface area contributed by atoms with Gasteiger partial charge in [-0.25, -0.2) is 9.37 Å². The number of rotatable bonds is 6. The summed E-state index contributed by atoms with van der Waals surface area (Å²) in [6.45, 7) is 2.21. The Hall–Kier alpha value is -2.85. The highest BCUT2D eigenvalue weighted by molar-refractivity contribution is 9.10. The van der Waals surface area contributed by atoms with Gasteiger partial charge in [-0.05, 0) is 79.5 Å². The fourth-order valence-electron chi connectivity index (χ4n) is 6.09. The van der Waals surface area contributed by atoms with Crippen molar-refractivity contribution in [3.8, 4) is 11.3 Å². The lowest BCUT2D eigenvalue weighted by atomic mass is 9.83. The van der Waals surface area contributed by atoms with Crippen LogP contribution in [0, 0.1) is 23.6 Å². The molecular weight excluding hydrogens is 557 g/mol. The van der Waals surface area contributed by atoms with Gasteiger partial charge in [0.1, 0.15) is 5.82 Å². The molecule has 1 amide bonds. The van der Waals surface area contributed by atoms with Crippen LogP contribution < -0.4 is 10.9 Å². The molecule has 190 valence electrons. The SMILES string of the molecule is CCC1C2CCC(C2)C1NC(=O)CSc1nc2cc(Br)ccc2c2nc(=O)c(-c3ccc(F)cc3)nn12. The molecule has 2 saturated carbocycles. The Labute approximate surface area is 225 Å². The summed E-state index contributed by atoms with van der Waals surface area (Å²) in [6.07, 6.45) is 4.78. The van der Waals surface area contributed by atoms with Gasteiger partial charge in [-0.2, -0.15) is 14.6 Å². The van der Waals surface area contributed by atoms with Gasteiger partial charge in [-0.15, -0.1) is 0 Å². The Morgan fingerprint density at radius 3 is 2.73 bits per heavy atom. The molecule has 4 aromatic rings. The first-order valence-electron chi connectivity index (χ1n) is 12.5. The van der Waals surface area contributed by atoms with Crippen LogP contribution in [0.3, 0.4) is 0 Å². The van der Waals surface area contributed by atoms with Gasteiger partial charge < -0.3 is 5.32 Å². The van der Waals surface area contributed by atoms with Gasteiger partial charge in [0.15, 0.2) is 16.5 Å². The number of carbonyl (C=O) groups is 1. The fourth-order valence-corrected chi connectivity index (χ4v) is 7.20. The molecular formula is C27H25BrFN5O2S. The van der Waals surface area contributed by atoms with E-state index >= 15 is 0 Å². The first kappa shape index (κ1) is 24.5. The van der Waals surface area contributed by atoms with Crippen LogP contribution in [0.25, 0.3) is 27.8 Å². The van der Waals surface area contributed by atoms with Crippen molar-refractivity contribution in [2.24, 2.45) is 17.8 Å². The average Bonchev–Trinajstić information content (AvgIpc) is 3.49. The normalized spacial score (nSPS) is 22.7. The molecule has 2 aromatic heterocycles. The quantitative estimate of drug-likeness (QED) is 0.190. The van der Waals surface area contributed by atoms with E-state index in [0.717, 1.165) is 16.8 Å². The van der Waals surface area contributed by atoms with Crippen molar-refractivity contribution in [3.63, 3.8) is 0 Å². The van der Waals surface area contributed by atoms with E-state index in [9.17, 15) is 14.0 Å². The van der Waals surface area contributed by atoms with Crippen LogP contribution in [0.15, 0.2) is 56.9 Å². The van der Waals surface area contributed by atoms with Crippen LogP contribution in [0.1, 0.15) is 32.6 Å². The van der Waals surface area contributed by atoms with Crippen molar-refractivity contribution in [3.05, 3.63) is 63.1 Å². The monoisotopic (exact) mass is 581 g/mol. The second-order valence-electron chi connectivity index (χ2n) is 9.85. The van der Waals surface area contributed by atoms with E-state index in [-0.39, 0.29) is 23.4 Å². The van der Waals surface area contributed by atoms with E-state index in [4.69, 9.17) is 4.98 Å².